The number of benzene rings is 2. The Bertz CT molecular complexity index is 894. The number of carbonyl (C=O) groups is 2. The SMILES string of the molecule is COc1cc([N+](=O)[O-])ccc1NC(=O)[C@H](C)OC(=O)c1cccc(C)c1C. The molecule has 0 aliphatic rings. The quantitative estimate of drug-likeness (QED) is 0.473. The van der Waals surface area contributed by atoms with Gasteiger partial charge in [0.15, 0.2) is 6.10 Å². The molecular formula is C19H20N2O6. The van der Waals surface area contributed by atoms with E-state index in [1.807, 2.05) is 13.0 Å². The first-order chi connectivity index (χ1) is 12.7. The van der Waals surface area contributed by atoms with Crippen molar-refractivity contribution in [1.82, 2.24) is 0 Å². The lowest BCUT2D eigenvalue weighted by Gasteiger charge is -2.16. The highest BCUT2D eigenvalue weighted by Crippen LogP contribution is 2.29. The third-order valence-corrected chi connectivity index (χ3v) is 4.13. The van der Waals surface area contributed by atoms with Crippen LogP contribution in [-0.2, 0) is 9.53 Å². The predicted octanol–water partition coefficient (Wildman–Crippen LogP) is 3.40. The van der Waals surface area contributed by atoms with Crippen LogP contribution in [0.25, 0.3) is 0 Å². The van der Waals surface area contributed by atoms with E-state index in [1.165, 1.54) is 32.2 Å². The van der Waals surface area contributed by atoms with Crippen LogP contribution in [-0.4, -0.2) is 30.0 Å². The van der Waals surface area contributed by atoms with Gasteiger partial charge in [0.25, 0.3) is 11.6 Å². The molecule has 0 saturated heterocycles. The van der Waals surface area contributed by atoms with Crippen molar-refractivity contribution >= 4 is 23.3 Å². The van der Waals surface area contributed by atoms with Crippen molar-refractivity contribution in [3.8, 4) is 5.75 Å². The molecule has 0 unspecified atom stereocenters. The number of amides is 1. The fourth-order valence-electron chi connectivity index (χ4n) is 2.38. The third kappa shape index (κ3) is 4.60. The molecular weight excluding hydrogens is 352 g/mol. The third-order valence-electron chi connectivity index (χ3n) is 4.13. The Kier molecular flexibility index (Phi) is 6.12. The number of nitrogens with one attached hydrogen (secondary N) is 1. The van der Waals surface area contributed by atoms with E-state index in [1.54, 1.807) is 19.1 Å². The van der Waals surface area contributed by atoms with Gasteiger partial charge in [-0.05, 0) is 44.0 Å². The summed E-state index contributed by atoms with van der Waals surface area (Å²) in [7, 11) is 1.33. The lowest BCUT2D eigenvalue weighted by molar-refractivity contribution is -0.384. The molecule has 1 N–H and O–H groups in total. The van der Waals surface area contributed by atoms with Gasteiger partial charge in [-0.25, -0.2) is 4.79 Å². The maximum atomic E-state index is 12.3. The molecule has 2 aromatic rings. The average molecular weight is 372 g/mol. The number of nitro benzene ring substituents is 1. The van der Waals surface area contributed by atoms with Crippen molar-refractivity contribution in [2.24, 2.45) is 0 Å². The molecule has 0 radical (unpaired) electrons. The number of methoxy groups -OCH3 is 1. The summed E-state index contributed by atoms with van der Waals surface area (Å²) in [6.45, 7) is 5.12. The number of carbonyl (C=O) groups excluding carboxylic acids is 2. The van der Waals surface area contributed by atoms with Crippen LogP contribution < -0.4 is 10.1 Å². The van der Waals surface area contributed by atoms with Crippen molar-refractivity contribution in [3.63, 3.8) is 0 Å². The maximum Gasteiger partial charge on any atom is 0.339 e. The number of anilines is 1. The van der Waals surface area contributed by atoms with Gasteiger partial charge in [0.1, 0.15) is 5.75 Å². The standard InChI is InChI=1S/C19H20N2O6/c1-11-6-5-7-15(12(11)2)19(23)27-13(3)18(22)20-16-9-8-14(21(24)25)10-17(16)26-4/h5-10,13H,1-4H3,(H,20,22)/t13-/m0/s1. The number of nitrogens with zero attached hydrogens (tertiary/aromatic N) is 1. The van der Waals surface area contributed by atoms with Crippen LogP contribution >= 0.6 is 0 Å². The Morgan fingerprint density at radius 1 is 1.19 bits per heavy atom. The Labute approximate surface area is 156 Å². The smallest absolute Gasteiger partial charge is 0.339 e. The maximum absolute atomic E-state index is 12.3. The summed E-state index contributed by atoms with van der Waals surface area (Å²) in [4.78, 5) is 34.9. The molecule has 2 rings (SSSR count). The summed E-state index contributed by atoms with van der Waals surface area (Å²) in [5.74, 6) is -1.05. The number of rotatable bonds is 6. The lowest BCUT2D eigenvalue weighted by atomic mass is 10.0. The van der Waals surface area contributed by atoms with Crippen LogP contribution in [0.15, 0.2) is 36.4 Å². The number of esters is 1. The van der Waals surface area contributed by atoms with E-state index >= 15 is 0 Å². The summed E-state index contributed by atoms with van der Waals surface area (Å²) < 4.78 is 10.3. The van der Waals surface area contributed by atoms with Crippen molar-refractivity contribution < 1.29 is 24.0 Å². The summed E-state index contributed by atoms with van der Waals surface area (Å²) in [5, 5.41) is 13.4. The van der Waals surface area contributed by atoms with E-state index in [-0.39, 0.29) is 17.1 Å². The monoisotopic (exact) mass is 372 g/mol. The topological polar surface area (TPSA) is 108 Å². The van der Waals surface area contributed by atoms with Crippen molar-refractivity contribution in [2.75, 3.05) is 12.4 Å². The molecule has 0 spiro atoms. The number of hydrogen-bond acceptors (Lipinski definition) is 6. The molecule has 0 bridgehead atoms. The molecule has 8 heteroatoms. The Morgan fingerprint density at radius 3 is 2.52 bits per heavy atom. The fourth-order valence-corrected chi connectivity index (χ4v) is 2.38. The molecule has 0 saturated carbocycles. The van der Waals surface area contributed by atoms with Gasteiger partial charge in [-0.15, -0.1) is 0 Å². The highest BCUT2D eigenvalue weighted by atomic mass is 16.6. The van der Waals surface area contributed by atoms with E-state index in [4.69, 9.17) is 9.47 Å². The minimum atomic E-state index is -1.07. The zero-order chi connectivity index (χ0) is 20.1. The Balaban J connectivity index is 2.11. The molecule has 1 amide bonds. The van der Waals surface area contributed by atoms with E-state index in [0.717, 1.165) is 11.1 Å². The van der Waals surface area contributed by atoms with Gasteiger partial charge in [0.05, 0.1) is 29.4 Å². The second kappa shape index (κ2) is 8.31. The minimum absolute atomic E-state index is 0.130. The molecule has 8 nitrogen and oxygen atoms in total. The number of hydrogen-bond donors (Lipinski definition) is 1. The highest BCUT2D eigenvalue weighted by Gasteiger charge is 2.22. The summed E-state index contributed by atoms with van der Waals surface area (Å²) in [6, 6.07) is 9.05. The molecule has 2 aromatic carbocycles. The minimum Gasteiger partial charge on any atom is -0.494 e. The van der Waals surface area contributed by atoms with Crippen LogP contribution in [0.5, 0.6) is 5.75 Å². The predicted molar refractivity (Wildman–Crippen MR) is 99.1 cm³/mol. The summed E-state index contributed by atoms with van der Waals surface area (Å²) in [6.07, 6.45) is -1.07. The summed E-state index contributed by atoms with van der Waals surface area (Å²) >= 11 is 0. The van der Waals surface area contributed by atoms with Gasteiger partial charge in [-0.3, -0.25) is 14.9 Å². The second-order valence-corrected chi connectivity index (χ2v) is 5.93. The first kappa shape index (κ1) is 19.9. The van der Waals surface area contributed by atoms with Crippen LogP contribution in [0, 0.1) is 24.0 Å². The van der Waals surface area contributed by atoms with Gasteiger partial charge in [-0.1, -0.05) is 12.1 Å². The van der Waals surface area contributed by atoms with Crippen LogP contribution in [0.2, 0.25) is 0 Å². The lowest BCUT2D eigenvalue weighted by Crippen LogP contribution is -2.30. The second-order valence-electron chi connectivity index (χ2n) is 5.93. The zero-order valence-electron chi connectivity index (χ0n) is 15.4. The number of ether oxygens (including phenoxy) is 2. The fraction of sp³-hybridized carbons (Fsp3) is 0.263. The van der Waals surface area contributed by atoms with Crippen molar-refractivity contribution in [3.05, 3.63) is 63.2 Å². The van der Waals surface area contributed by atoms with Gasteiger partial charge in [0, 0.05) is 6.07 Å². The summed E-state index contributed by atoms with van der Waals surface area (Å²) in [5.41, 5.74) is 2.19. The average Bonchev–Trinajstić information content (AvgIpc) is 2.63. The normalized spacial score (nSPS) is 11.4. The van der Waals surface area contributed by atoms with Crippen LogP contribution in [0.4, 0.5) is 11.4 Å². The first-order valence-corrected chi connectivity index (χ1v) is 8.15. The molecule has 0 aliphatic heterocycles. The van der Waals surface area contributed by atoms with E-state index in [9.17, 15) is 19.7 Å². The largest absolute Gasteiger partial charge is 0.494 e. The molecule has 27 heavy (non-hydrogen) atoms. The van der Waals surface area contributed by atoms with E-state index < -0.39 is 22.9 Å². The van der Waals surface area contributed by atoms with Crippen LogP contribution in [0.3, 0.4) is 0 Å². The van der Waals surface area contributed by atoms with Gasteiger partial charge in [0.2, 0.25) is 0 Å². The number of non-ortho nitro benzene ring substituents is 1. The van der Waals surface area contributed by atoms with Crippen LogP contribution in [0.1, 0.15) is 28.4 Å². The zero-order valence-corrected chi connectivity index (χ0v) is 15.4. The van der Waals surface area contributed by atoms with E-state index in [2.05, 4.69) is 5.32 Å². The molecule has 1 atom stereocenters. The Morgan fingerprint density at radius 2 is 1.89 bits per heavy atom. The number of aryl methyl sites for hydroxylation is 1. The molecule has 0 aliphatic carbocycles. The van der Waals surface area contributed by atoms with Gasteiger partial charge >= 0.3 is 5.97 Å². The Hall–Kier alpha value is -3.42. The highest BCUT2D eigenvalue weighted by molar-refractivity contribution is 5.98. The van der Waals surface area contributed by atoms with Crippen molar-refractivity contribution in [2.45, 2.75) is 26.9 Å². The van der Waals surface area contributed by atoms with Gasteiger partial charge < -0.3 is 14.8 Å². The first-order valence-electron chi connectivity index (χ1n) is 8.15. The molecule has 0 heterocycles. The molecule has 0 aromatic heterocycles. The number of nitro groups is 1. The van der Waals surface area contributed by atoms with E-state index in [0.29, 0.717) is 5.56 Å². The van der Waals surface area contributed by atoms with Gasteiger partial charge in [-0.2, -0.15) is 0 Å². The molecule has 0 fully saturated rings. The van der Waals surface area contributed by atoms with Crippen molar-refractivity contribution in [1.29, 1.82) is 0 Å². The molecule has 142 valence electrons.